The zero-order valence-corrected chi connectivity index (χ0v) is 16.8. The van der Waals surface area contributed by atoms with E-state index in [0.29, 0.717) is 29.4 Å². The summed E-state index contributed by atoms with van der Waals surface area (Å²) < 4.78 is 1.57. The fourth-order valence-corrected chi connectivity index (χ4v) is 3.34. The van der Waals surface area contributed by atoms with Gasteiger partial charge < -0.3 is 22.5 Å². The zero-order valence-electron chi connectivity index (χ0n) is 16.8. The molecule has 1 saturated carbocycles. The van der Waals surface area contributed by atoms with Crippen molar-refractivity contribution in [3.05, 3.63) is 70.9 Å². The summed E-state index contributed by atoms with van der Waals surface area (Å²) in [4.78, 5) is 17.1. The van der Waals surface area contributed by atoms with Crippen LogP contribution in [0.25, 0.3) is 5.69 Å². The second-order valence-electron chi connectivity index (χ2n) is 7.50. The van der Waals surface area contributed by atoms with Crippen LogP contribution in [0.3, 0.4) is 0 Å². The largest absolute Gasteiger partial charge is 0.383 e. The molecule has 8 heteroatoms. The fraction of sp³-hybridized carbons (Fsp3) is 0.227. The number of anilines is 1. The molecule has 0 spiro atoms. The van der Waals surface area contributed by atoms with Crippen molar-refractivity contribution < 1.29 is 4.79 Å². The van der Waals surface area contributed by atoms with Gasteiger partial charge in [0.2, 0.25) is 0 Å². The van der Waals surface area contributed by atoms with Crippen LogP contribution in [-0.2, 0) is 6.54 Å². The van der Waals surface area contributed by atoms with Gasteiger partial charge in [0.25, 0.3) is 0 Å². The maximum absolute atomic E-state index is 12.9. The lowest BCUT2D eigenvalue weighted by atomic mass is 10.1. The molecule has 0 bridgehead atoms. The molecular weight excluding hydrogens is 378 g/mol. The number of nitrogens with two attached hydrogens (primary N) is 3. The molecule has 7 N–H and O–H groups in total. The van der Waals surface area contributed by atoms with E-state index in [4.69, 9.17) is 17.2 Å². The van der Waals surface area contributed by atoms with Crippen LogP contribution >= 0.6 is 0 Å². The first-order valence-electron chi connectivity index (χ1n) is 9.84. The number of nitrogens with zero attached hydrogens (tertiary/aromatic N) is 3. The number of ketones is 1. The van der Waals surface area contributed by atoms with Crippen LogP contribution in [0.5, 0.6) is 0 Å². The molecule has 4 rings (SSSR count). The molecule has 0 radical (unpaired) electrons. The van der Waals surface area contributed by atoms with Crippen LogP contribution in [0.4, 0.5) is 11.5 Å². The summed E-state index contributed by atoms with van der Waals surface area (Å²) in [5.74, 6) is 0.0765. The molecule has 3 aromatic rings. The maximum atomic E-state index is 12.9. The van der Waals surface area contributed by atoms with E-state index in [1.807, 2.05) is 37.3 Å². The maximum Gasteiger partial charge on any atom is 0.198 e. The molecule has 1 fully saturated rings. The minimum atomic E-state index is -0.173. The number of aromatic nitrogens is 2. The van der Waals surface area contributed by atoms with Gasteiger partial charge in [-0.2, -0.15) is 5.10 Å². The lowest BCUT2D eigenvalue weighted by Gasteiger charge is -2.14. The highest BCUT2D eigenvalue weighted by atomic mass is 16.1. The Morgan fingerprint density at radius 1 is 1.23 bits per heavy atom. The summed E-state index contributed by atoms with van der Waals surface area (Å²) in [6.07, 6.45) is 3.88. The Morgan fingerprint density at radius 2 is 1.97 bits per heavy atom. The summed E-state index contributed by atoms with van der Waals surface area (Å²) in [5.41, 5.74) is 21.7. The Bertz CT molecular complexity index is 1110. The summed E-state index contributed by atoms with van der Waals surface area (Å²) in [7, 11) is 0. The van der Waals surface area contributed by atoms with Gasteiger partial charge in [0.1, 0.15) is 5.82 Å². The van der Waals surface area contributed by atoms with E-state index in [-0.39, 0.29) is 17.6 Å². The molecular formula is C22H25N7O. The van der Waals surface area contributed by atoms with E-state index in [1.165, 1.54) is 19.0 Å². The number of aliphatic imine (C=N–C) groups is 1. The van der Waals surface area contributed by atoms with Crippen LogP contribution in [-0.4, -0.2) is 27.6 Å². The smallest absolute Gasteiger partial charge is 0.198 e. The third-order valence-corrected chi connectivity index (χ3v) is 5.15. The van der Waals surface area contributed by atoms with E-state index < -0.39 is 0 Å². The number of hydrogen-bond acceptors (Lipinski definition) is 5. The van der Waals surface area contributed by atoms with Gasteiger partial charge in [0, 0.05) is 23.7 Å². The predicted octanol–water partition coefficient (Wildman–Crippen LogP) is 2.15. The Kier molecular flexibility index (Phi) is 5.24. The molecule has 0 amide bonds. The van der Waals surface area contributed by atoms with E-state index >= 15 is 0 Å². The highest BCUT2D eigenvalue weighted by Gasteiger charge is 2.22. The first-order valence-corrected chi connectivity index (χ1v) is 9.84. The van der Waals surface area contributed by atoms with Gasteiger partial charge in [-0.3, -0.25) is 4.79 Å². The lowest BCUT2D eigenvalue weighted by Crippen LogP contribution is -2.22. The van der Waals surface area contributed by atoms with E-state index in [1.54, 1.807) is 16.8 Å². The molecule has 0 atom stereocenters. The Labute approximate surface area is 174 Å². The Balaban J connectivity index is 1.75. The SMILES string of the molecule is Cc1c(N=C(N)N)cc(CNC2CC2)cc1-n1ncc(C(=O)c2ccccc2)c1N. The number of carbonyl (C=O) groups excluding carboxylic acids is 1. The van der Waals surface area contributed by atoms with Crippen molar-refractivity contribution in [2.45, 2.75) is 32.4 Å². The molecule has 8 nitrogen and oxygen atoms in total. The molecule has 1 aliphatic carbocycles. The molecule has 2 aromatic carbocycles. The van der Waals surface area contributed by atoms with Crippen LogP contribution in [0.1, 0.15) is 39.9 Å². The topological polar surface area (TPSA) is 137 Å². The zero-order chi connectivity index (χ0) is 21.3. The van der Waals surface area contributed by atoms with Crippen molar-refractivity contribution in [1.82, 2.24) is 15.1 Å². The normalized spacial score (nSPS) is 13.2. The molecule has 1 aromatic heterocycles. The number of nitrogens with one attached hydrogen (secondary N) is 1. The summed E-state index contributed by atoms with van der Waals surface area (Å²) >= 11 is 0. The minimum absolute atomic E-state index is 0.0234. The molecule has 0 unspecified atom stereocenters. The van der Waals surface area contributed by atoms with Gasteiger partial charge in [-0.15, -0.1) is 0 Å². The first kappa shape index (κ1) is 19.7. The van der Waals surface area contributed by atoms with Crippen LogP contribution in [0, 0.1) is 6.92 Å². The van der Waals surface area contributed by atoms with E-state index in [2.05, 4.69) is 15.4 Å². The van der Waals surface area contributed by atoms with E-state index in [9.17, 15) is 4.79 Å². The van der Waals surface area contributed by atoms with Crippen LogP contribution in [0.2, 0.25) is 0 Å². The number of hydrogen-bond donors (Lipinski definition) is 4. The summed E-state index contributed by atoms with van der Waals surface area (Å²) in [6.45, 7) is 2.58. The molecule has 0 aliphatic heterocycles. The van der Waals surface area contributed by atoms with Gasteiger partial charge in [-0.05, 0) is 37.5 Å². The van der Waals surface area contributed by atoms with Crippen molar-refractivity contribution in [3.63, 3.8) is 0 Å². The third kappa shape index (κ3) is 4.04. The van der Waals surface area contributed by atoms with Crippen molar-refractivity contribution in [1.29, 1.82) is 0 Å². The highest BCUT2D eigenvalue weighted by molar-refractivity contribution is 6.11. The summed E-state index contributed by atoms with van der Waals surface area (Å²) in [6, 6.07) is 13.5. The number of guanidine groups is 1. The Hall–Kier alpha value is -3.65. The lowest BCUT2D eigenvalue weighted by molar-refractivity contribution is 0.103. The number of nitrogen functional groups attached to an aromatic ring is 1. The quantitative estimate of drug-likeness (QED) is 0.271. The molecule has 30 heavy (non-hydrogen) atoms. The summed E-state index contributed by atoms with van der Waals surface area (Å²) in [5, 5.41) is 7.89. The second-order valence-corrected chi connectivity index (χ2v) is 7.50. The molecule has 154 valence electrons. The van der Waals surface area contributed by atoms with Gasteiger partial charge in [0.05, 0.1) is 23.1 Å². The van der Waals surface area contributed by atoms with E-state index in [0.717, 1.165) is 16.8 Å². The van der Waals surface area contributed by atoms with Crippen LogP contribution < -0.4 is 22.5 Å². The molecule has 1 aliphatic rings. The first-order chi connectivity index (χ1) is 14.4. The number of benzene rings is 2. The van der Waals surface area contributed by atoms with Gasteiger partial charge in [-0.1, -0.05) is 30.3 Å². The Morgan fingerprint density at radius 3 is 2.63 bits per heavy atom. The van der Waals surface area contributed by atoms with Crippen molar-refractivity contribution >= 4 is 23.2 Å². The predicted molar refractivity (Wildman–Crippen MR) is 118 cm³/mol. The average Bonchev–Trinajstić information content (AvgIpc) is 3.49. The fourth-order valence-electron chi connectivity index (χ4n) is 3.34. The van der Waals surface area contributed by atoms with Gasteiger partial charge in [-0.25, -0.2) is 9.67 Å². The number of carbonyl (C=O) groups is 1. The average molecular weight is 403 g/mol. The van der Waals surface area contributed by atoms with Crippen molar-refractivity contribution in [2.75, 3.05) is 5.73 Å². The van der Waals surface area contributed by atoms with Crippen molar-refractivity contribution in [3.8, 4) is 5.69 Å². The molecule has 1 heterocycles. The monoisotopic (exact) mass is 403 g/mol. The van der Waals surface area contributed by atoms with Gasteiger partial charge in [0.15, 0.2) is 11.7 Å². The van der Waals surface area contributed by atoms with Crippen LogP contribution in [0.15, 0.2) is 53.7 Å². The van der Waals surface area contributed by atoms with Gasteiger partial charge >= 0.3 is 0 Å². The standard InChI is InChI=1S/C22H25N7O/c1-13-18(28-22(24)25)9-14(11-26-16-7-8-16)10-19(13)29-21(23)17(12-27-29)20(30)15-5-3-2-4-6-15/h2-6,9-10,12,16,26H,7-8,11,23H2,1H3,(H4,24,25,28). The van der Waals surface area contributed by atoms with Crippen molar-refractivity contribution in [2.24, 2.45) is 16.5 Å². The number of rotatable bonds is 7. The molecule has 0 saturated heterocycles. The second kappa shape index (κ2) is 8.00. The minimum Gasteiger partial charge on any atom is -0.383 e. The highest BCUT2D eigenvalue weighted by Crippen LogP contribution is 2.30. The third-order valence-electron chi connectivity index (χ3n) is 5.15.